The van der Waals surface area contributed by atoms with E-state index in [0.29, 0.717) is 11.1 Å². The third-order valence-electron chi connectivity index (χ3n) is 4.77. The van der Waals surface area contributed by atoms with Crippen molar-refractivity contribution in [3.8, 4) is 0 Å². The van der Waals surface area contributed by atoms with E-state index in [4.69, 9.17) is 4.74 Å². The van der Waals surface area contributed by atoms with Gasteiger partial charge in [0.1, 0.15) is 5.01 Å². The van der Waals surface area contributed by atoms with E-state index in [2.05, 4.69) is 10.1 Å². The monoisotopic (exact) mass is 427 g/mol. The Morgan fingerprint density at radius 3 is 2.86 bits per heavy atom. The van der Waals surface area contributed by atoms with Gasteiger partial charge in [0.15, 0.2) is 0 Å². The van der Waals surface area contributed by atoms with Crippen LogP contribution in [0.4, 0.5) is 0 Å². The number of carbonyl (C=O) groups excluding carboxylic acids is 1. The first-order valence-corrected chi connectivity index (χ1v) is 11.2. The van der Waals surface area contributed by atoms with E-state index in [9.17, 15) is 9.59 Å². The van der Waals surface area contributed by atoms with Crippen molar-refractivity contribution in [3.63, 3.8) is 0 Å². The molecule has 0 amide bonds. The fourth-order valence-electron chi connectivity index (χ4n) is 3.07. The van der Waals surface area contributed by atoms with E-state index in [0.717, 1.165) is 32.6 Å². The second kappa shape index (κ2) is 8.04. The highest BCUT2D eigenvalue weighted by molar-refractivity contribution is 7.18. The van der Waals surface area contributed by atoms with Gasteiger partial charge in [0, 0.05) is 16.1 Å². The lowest BCUT2D eigenvalue weighted by atomic mass is 10.2. The molecule has 0 spiro atoms. The SMILES string of the molecule is CCC(C)OC(=O)Cc1nn(Cc2nc3cc(C)ccc3s2)c(=O)c2cscc12. The molecule has 8 heteroatoms. The molecule has 4 aromatic rings. The van der Waals surface area contributed by atoms with Crippen LogP contribution in [0.5, 0.6) is 0 Å². The zero-order valence-electron chi connectivity index (χ0n) is 16.5. The lowest BCUT2D eigenvalue weighted by Crippen LogP contribution is -2.26. The van der Waals surface area contributed by atoms with E-state index < -0.39 is 0 Å². The lowest BCUT2D eigenvalue weighted by molar-refractivity contribution is -0.147. The van der Waals surface area contributed by atoms with Gasteiger partial charge in [-0.2, -0.15) is 16.4 Å². The number of fused-ring (bicyclic) bond motifs is 2. The lowest BCUT2D eigenvalue weighted by Gasteiger charge is -2.12. The van der Waals surface area contributed by atoms with Crippen molar-refractivity contribution >= 4 is 49.6 Å². The van der Waals surface area contributed by atoms with Crippen molar-refractivity contribution in [2.24, 2.45) is 0 Å². The topological polar surface area (TPSA) is 74.1 Å². The van der Waals surface area contributed by atoms with Crippen LogP contribution in [0.15, 0.2) is 33.8 Å². The van der Waals surface area contributed by atoms with Crippen LogP contribution in [-0.4, -0.2) is 26.8 Å². The Morgan fingerprint density at radius 1 is 1.28 bits per heavy atom. The van der Waals surface area contributed by atoms with Gasteiger partial charge in [-0.3, -0.25) is 9.59 Å². The van der Waals surface area contributed by atoms with Gasteiger partial charge in [-0.25, -0.2) is 9.67 Å². The fourth-order valence-corrected chi connectivity index (χ4v) is 4.84. The molecule has 1 aromatic carbocycles. The van der Waals surface area contributed by atoms with Crippen LogP contribution >= 0.6 is 22.7 Å². The van der Waals surface area contributed by atoms with E-state index in [1.54, 1.807) is 16.7 Å². The maximum atomic E-state index is 12.9. The Hall–Kier alpha value is -2.58. The third kappa shape index (κ3) is 4.09. The number of aryl methyl sites for hydroxylation is 1. The molecule has 0 fully saturated rings. The molecule has 0 aliphatic heterocycles. The highest BCUT2D eigenvalue weighted by atomic mass is 32.1. The van der Waals surface area contributed by atoms with Gasteiger partial charge in [0.05, 0.1) is 40.4 Å². The molecule has 4 rings (SSSR count). The largest absolute Gasteiger partial charge is 0.462 e. The molecule has 0 radical (unpaired) electrons. The van der Waals surface area contributed by atoms with Gasteiger partial charge in [-0.15, -0.1) is 11.3 Å². The normalized spacial score (nSPS) is 12.5. The Balaban J connectivity index is 1.69. The number of benzene rings is 1. The minimum absolute atomic E-state index is 0.0386. The van der Waals surface area contributed by atoms with Crippen molar-refractivity contribution < 1.29 is 9.53 Å². The van der Waals surface area contributed by atoms with Crippen molar-refractivity contribution in [2.75, 3.05) is 0 Å². The number of thiazole rings is 1. The summed E-state index contributed by atoms with van der Waals surface area (Å²) in [4.78, 5) is 29.8. The number of aromatic nitrogens is 3. The summed E-state index contributed by atoms with van der Waals surface area (Å²) in [5.74, 6) is -0.333. The molecule has 1 atom stereocenters. The number of ether oxygens (including phenoxy) is 1. The Labute approximate surface area is 175 Å². The number of thiophene rings is 1. The Bertz CT molecular complexity index is 1260. The van der Waals surface area contributed by atoms with Gasteiger partial charge >= 0.3 is 5.97 Å². The van der Waals surface area contributed by atoms with E-state index in [-0.39, 0.29) is 30.6 Å². The molecule has 0 saturated carbocycles. The van der Waals surface area contributed by atoms with Crippen LogP contribution in [0, 0.1) is 6.92 Å². The molecular weight excluding hydrogens is 406 g/mol. The Morgan fingerprint density at radius 2 is 2.07 bits per heavy atom. The van der Waals surface area contributed by atoms with Crippen molar-refractivity contribution in [1.82, 2.24) is 14.8 Å². The number of hydrogen-bond acceptors (Lipinski definition) is 7. The van der Waals surface area contributed by atoms with Gasteiger partial charge in [0.2, 0.25) is 0 Å². The van der Waals surface area contributed by atoms with Crippen LogP contribution in [0.3, 0.4) is 0 Å². The minimum Gasteiger partial charge on any atom is -0.462 e. The first-order chi connectivity index (χ1) is 13.9. The molecule has 0 saturated heterocycles. The van der Waals surface area contributed by atoms with E-state index in [1.807, 2.05) is 44.4 Å². The maximum absolute atomic E-state index is 12.9. The molecule has 1 unspecified atom stereocenters. The standard InChI is InChI=1S/C21H21N3O3S2/c1-4-13(3)27-20(25)8-16-14-10-28-11-15(14)21(26)24(23-16)9-19-22-17-7-12(2)5-6-18(17)29-19/h5-7,10-11,13H,4,8-9H2,1-3H3. The highest BCUT2D eigenvalue weighted by Gasteiger charge is 2.17. The second-order valence-electron chi connectivity index (χ2n) is 7.07. The van der Waals surface area contributed by atoms with Crippen LogP contribution in [0.25, 0.3) is 21.0 Å². The molecular formula is C21H21N3O3S2. The molecule has 0 bridgehead atoms. The van der Waals surface area contributed by atoms with Crippen molar-refractivity contribution in [3.05, 3.63) is 55.6 Å². The fraction of sp³-hybridized carbons (Fsp3) is 0.333. The zero-order valence-corrected chi connectivity index (χ0v) is 18.1. The summed E-state index contributed by atoms with van der Waals surface area (Å²) in [6.07, 6.45) is 0.651. The number of carbonyl (C=O) groups is 1. The van der Waals surface area contributed by atoms with Gasteiger partial charge in [-0.05, 0) is 38.0 Å². The van der Waals surface area contributed by atoms with Crippen LogP contribution in [0.1, 0.15) is 36.5 Å². The summed E-state index contributed by atoms with van der Waals surface area (Å²) in [5.41, 5.74) is 2.46. The molecule has 0 aliphatic rings. The Kier molecular flexibility index (Phi) is 5.47. The van der Waals surface area contributed by atoms with Crippen LogP contribution < -0.4 is 5.56 Å². The minimum atomic E-state index is -0.333. The number of hydrogen-bond donors (Lipinski definition) is 0. The zero-order chi connectivity index (χ0) is 20.5. The predicted molar refractivity (Wildman–Crippen MR) is 117 cm³/mol. The summed E-state index contributed by atoms with van der Waals surface area (Å²) < 4.78 is 7.88. The van der Waals surface area contributed by atoms with Gasteiger partial charge < -0.3 is 4.74 Å². The molecule has 0 N–H and O–H groups in total. The summed E-state index contributed by atoms with van der Waals surface area (Å²) in [7, 11) is 0. The molecule has 29 heavy (non-hydrogen) atoms. The molecule has 0 aliphatic carbocycles. The smallest absolute Gasteiger partial charge is 0.312 e. The van der Waals surface area contributed by atoms with Crippen LogP contribution in [0.2, 0.25) is 0 Å². The summed E-state index contributed by atoms with van der Waals surface area (Å²) >= 11 is 2.98. The molecule has 150 valence electrons. The number of esters is 1. The van der Waals surface area contributed by atoms with Gasteiger partial charge in [-0.1, -0.05) is 13.0 Å². The maximum Gasteiger partial charge on any atom is 0.312 e. The average Bonchev–Trinajstić information content (AvgIpc) is 3.32. The van der Waals surface area contributed by atoms with Crippen molar-refractivity contribution in [2.45, 2.75) is 46.3 Å². The highest BCUT2D eigenvalue weighted by Crippen LogP contribution is 2.24. The molecule has 3 heterocycles. The summed E-state index contributed by atoms with van der Waals surface area (Å²) in [6, 6.07) is 6.12. The van der Waals surface area contributed by atoms with Crippen molar-refractivity contribution in [1.29, 1.82) is 0 Å². The first-order valence-electron chi connectivity index (χ1n) is 9.46. The predicted octanol–water partition coefficient (Wildman–Crippen LogP) is 4.31. The number of nitrogens with zero attached hydrogens (tertiary/aromatic N) is 3. The first kappa shape index (κ1) is 19.7. The molecule has 3 aromatic heterocycles. The second-order valence-corrected chi connectivity index (χ2v) is 8.93. The average molecular weight is 428 g/mol. The summed E-state index contributed by atoms with van der Waals surface area (Å²) in [6.45, 7) is 6.13. The third-order valence-corrected chi connectivity index (χ3v) is 6.54. The molecule has 6 nitrogen and oxygen atoms in total. The summed E-state index contributed by atoms with van der Waals surface area (Å²) in [5, 5.41) is 10.3. The quantitative estimate of drug-likeness (QED) is 0.429. The van der Waals surface area contributed by atoms with Gasteiger partial charge in [0.25, 0.3) is 5.56 Å². The van der Waals surface area contributed by atoms with E-state index in [1.165, 1.54) is 16.0 Å². The van der Waals surface area contributed by atoms with E-state index >= 15 is 0 Å². The number of rotatable bonds is 6. The van der Waals surface area contributed by atoms with Crippen LogP contribution in [-0.2, 0) is 22.5 Å².